The minimum atomic E-state index is -3.72. The predicted octanol–water partition coefficient (Wildman–Crippen LogP) is 4.66. The van der Waals surface area contributed by atoms with Crippen molar-refractivity contribution in [2.75, 3.05) is 12.5 Å². The number of benzene rings is 3. The summed E-state index contributed by atoms with van der Waals surface area (Å²) in [6.07, 6.45) is 0. The molecular formula is C26H23N5O4S. The summed E-state index contributed by atoms with van der Waals surface area (Å²) in [7, 11) is -3.72. The largest absolute Gasteiger partial charge is 0.454 e. The van der Waals surface area contributed by atoms with Gasteiger partial charge in [-0.3, -0.25) is 0 Å². The van der Waals surface area contributed by atoms with Gasteiger partial charge in [-0.15, -0.1) is 0 Å². The summed E-state index contributed by atoms with van der Waals surface area (Å²) in [6.45, 7) is 3.42. The Morgan fingerprint density at radius 1 is 0.917 bits per heavy atom. The Labute approximate surface area is 207 Å². The number of nitrogens with zero attached hydrogens (tertiary/aromatic N) is 3. The number of nitrogen functional groups attached to an aromatic ring is 1. The van der Waals surface area contributed by atoms with Crippen molar-refractivity contribution >= 4 is 27.0 Å². The zero-order valence-corrected chi connectivity index (χ0v) is 20.4. The van der Waals surface area contributed by atoms with Crippen LogP contribution in [-0.2, 0) is 10.0 Å². The summed E-state index contributed by atoms with van der Waals surface area (Å²) in [5, 5.41) is -0.663. The molecule has 0 fully saturated rings. The van der Waals surface area contributed by atoms with Gasteiger partial charge in [-0.05, 0) is 44.2 Å². The standard InChI is InChI=1S/C26H23N5O4S/c1-15(2)36(32,33)31-20-12-17(8-10-19(20)28-26(31)27)24-23(16-6-4-3-5-7-16)29-25(30-24)18-9-11-21-22(13-18)35-14-34-21/h3-13,15H,14H2,1-2H3,(H2,27,28)(H,29,30). The molecule has 0 amide bonds. The number of imidazole rings is 2. The van der Waals surface area contributed by atoms with Crippen molar-refractivity contribution in [3.05, 3.63) is 66.7 Å². The third-order valence-electron chi connectivity index (χ3n) is 6.17. The van der Waals surface area contributed by atoms with Gasteiger partial charge in [0.2, 0.25) is 22.8 Å². The van der Waals surface area contributed by atoms with Crippen molar-refractivity contribution in [1.82, 2.24) is 18.9 Å². The molecule has 182 valence electrons. The Kier molecular flexibility index (Phi) is 5.01. The second-order valence-corrected chi connectivity index (χ2v) is 11.1. The van der Waals surface area contributed by atoms with Crippen LogP contribution >= 0.6 is 0 Å². The van der Waals surface area contributed by atoms with Crippen molar-refractivity contribution in [3.63, 3.8) is 0 Å². The maximum atomic E-state index is 13.0. The lowest BCUT2D eigenvalue weighted by Crippen LogP contribution is -2.23. The second-order valence-electron chi connectivity index (χ2n) is 8.77. The first-order chi connectivity index (χ1) is 17.3. The number of hydrogen-bond acceptors (Lipinski definition) is 7. The number of ether oxygens (including phenoxy) is 2. The predicted molar refractivity (Wildman–Crippen MR) is 138 cm³/mol. The van der Waals surface area contributed by atoms with E-state index in [4.69, 9.17) is 20.2 Å². The number of rotatable bonds is 5. The van der Waals surface area contributed by atoms with E-state index in [1.165, 1.54) is 0 Å². The number of fused-ring (bicyclic) bond motifs is 2. The molecule has 1 aliphatic rings. The first kappa shape index (κ1) is 22.2. The molecule has 0 unspecified atom stereocenters. The van der Waals surface area contributed by atoms with E-state index in [0.29, 0.717) is 34.1 Å². The van der Waals surface area contributed by atoms with Crippen molar-refractivity contribution in [2.45, 2.75) is 19.1 Å². The smallest absolute Gasteiger partial charge is 0.244 e. The third kappa shape index (κ3) is 3.49. The second kappa shape index (κ2) is 8.13. The summed E-state index contributed by atoms with van der Waals surface area (Å²) >= 11 is 0. The molecule has 3 aromatic carbocycles. The average molecular weight is 502 g/mol. The fourth-order valence-electron chi connectivity index (χ4n) is 4.27. The zero-order valence-electron chi connectivity index (χ0n) is 19.6. The molecule has 2 aromatic heterocycles. The van der Waals surface area contributed by atoms with Crippen LogP contribution in [0.5, 0.6) is 11.5 Å². The van der Waals surface area contributed by atoms with Gasteiger partial charge in [-0.25, -0.2) is 22.4 Å². The highest BCUT2D eigenvalue weighted by molar-refractivity contribution is 7.90. The van der Waals surface area contributed by atoms with Gasteiger partial charge in [0.25, 0.3) is 0 Å². The Bertz CT molecular complexity index is 1720. The number of hydrogen-bond donors (Lipinski definition) is 2. The van der Waals surface area contributed by atoms with E-state index in [0.717, 1.165) is 26.4 Å². The van der Waals surface area contributed by atoms with Gasteiger partial charge in [0.1, 0.15) is 5.82 Å². The Hall–Kier alpha value is -4.31. The quantitative estimate of drug-likeness (QED) is 0.359. The zero-order chi connectivity index (χ0) is 25.0. The van der Waals surface area contributed by atoms with Crippen LogP contribution in [0.25, 0.3) is 44.9 Å². The monoisotopic (exact) mass is 501 g/mol. The van der Waals surface area contributed by atoms with Crippen molar-refractivity contribution in [2.24, 2.45) is 0 Å². The number of nitrogens with two attached hydrogens (primary N) is 1. The molecule has 0 saturated carbocycles. The van der Waals surface area contributed by atoms with Gasteiger partial charge in [-0.1, -0.05) is 36.4 Å². The van der Waals surface area contributed by atoms with Gasteiger partial charge < -0.3 is 20.2 Å². The highest BCUT2D eigenvalue weighted by Gasteiger charge is 2.25. The molecule has 0 spiro atoms. The molecule has 0 radical (unpaired) electrons. The minimum absolute atomic E-state index is 0.0674. The normalized spacial score (nSPS) is 13.1. The molecule has 3 N–H and O–H groups in total. The fraction of sp³-hybridized carbons (Fsp3) is 0.154. The number of H-pyrrole nitrogens is 1. The van der Waals surface area contributed by atoms with Crippen LogP contribution in [0.3, 0.4) is 0 Å². The van der Waals surface area contributed by atoms with Crippen LogP contribution in [0, 0.1) is 0 Å². The summed E-state index contributed by atoms with van der Waals surface area (Å²) in [5.74, 6) is 1.93. The van der Waals surface area contributed by atoms with Gasteiger partial charge in [0.15, 0.2) is 11.5 Å². The summed E-state index contributed by atoms with van der Waals surface area (Å²) in [5.41, 5.74) is 10.9. The van der Waals surface area contributed by atoms with Gasteiger partial charge in [0, 0.05) is 16.7 Å². The lowest BCUT2D eigenvalue weighted by atomic mass is 10.0. The Morgan fingerprint density at radius 2 is 1.67 bits per heavy atom. The van der Waals surface area contributed by atoms with E-state index in [1.54, 1.807) is 26.0 Å². The van der Waals surface area contributed by atoms with Crippen LogP contribution in [0.2, 0.25) is 0 Å². The van der Waals surface area contributed by atoms with E-state index in [9.17, 15) is 8.42 Å². The topological polar surface area (TPSA) is 125 Å². The molecule has 10 heteroatoms. The molecule has 0 saturated heterocycles. The Balaban J connectivity index is 1.56. The number of anilines is 1. The third-order valence-corrected chi connectivity index (χ3v) is 8.26. The first-order valence-electron chi connectivity index (χ1n) is 11.4. The van der Waals surface area contributed by atoms with Crippen LogP contribution in [-0.4, -0.2) is 39.4 Å². The van der Waals surface area contributed by atoms with Gasteiger partial charge in [0.05, 0.1) is 27.7 Å². The van der Waals surface area contributed by atoms with Gasteiger partial charge in [-0.2, -0.15) is 0 Å². The molecular weight excluding hydrogens is 478 g/mol. The van der Waals surface area contributed by atoms with Crippen LogP contribution in [0.4, 0.5) is 5.95 Å². The lowest BCUT2D eigenvalue weighted by Gasteiger charge is -2.11. The van der Waals surface area contributed by atoms with E-state index in [2.05, 4.69) is 9.97 Å². The average Bonchev–Trinajstić information content (AvgIpc) is 3.59. The Morgan fingerprint density at radius 3 is 2.44 bits per heavy atom. The molecule has 36 heavy (non-hydrogen) atoms. The maximum Gasteiger partial charge on any atom is 0.244 e. The molecule has 3 heterocycles. The highest BCUT2D eigenvalue weighted by atomic mass is 32.2. The lowest BCUT2D eigenvalue weighted by molar-refractivity contribution is 0.174. The maximum absolute atomic E-state index is 13.0. The van der Waals surface area contributed by atoms with Crippen LogP contribution in [0.15, 0.2) is 66.7 Å². The summed E-state index contributed by atoms with van der Waals surface area (Å²) in [4.78, 5) is 12.6. The fourth-order valence-corrected chi connectivity index (χ4v) is 5.42. The molecule has 9 nitrogen and oxygen atoms in total. The van der Waals surface area contributed by atoms with Gasteiger partial charge >= 0.3 is 0 Å². The molecule has 1 aliphatic heterocycles. The van der Waals surface area contributed by atoms with E-state index >= 15 is 0 Å². The number of nitrogens with one attached hydrogen (secondary N) is 1. The minimum Gasteiger partial charge on any atom is -0.454 e. The van der Waals surface area contributed by atoms with E-state index in [-0.39, 0.29) is 12.7 Å². The molecule has 0 bridgehead atoms. The molecule has 6 rings (SSSR count). The molecule has 0 atom stereocenters. The number of aromatic amines is 1. The van der Waals surface area contributed by atoms with E-state index in [1.807, 2.05) is 54.6 Å². The number of aromatic nitrogens is 4. The SMILES string of the molecule is CC(C)S(=O)(=O)n1c(N)nc2ccc(-c3nc(-c4ccc5c(c4)OCO5)[nH]c3-c3ccccc3)cc21. The molecule has 5 aromatic rings. The molecule has 0 aliphatic carbocycles. The van der Waals surface area contributed by atoms with Crippen molar-refractivity contribution in [3.8, 4) is 45.4 Å². The van der Waals surface area contributed by atoms with E-state index < -0.39 is 15.3 Å². The van der Waals surface area contributed by atoms with Crippen LogP contribution < -0.4 is 15.2 Å². The van der Waals surface area contributed by atoms with Crippen molar-refractivity contribution < 1.29 is 17.9 Å². The summed E-state index contributed by atoms with van der Waals surface area (Å²) in [6, 6.07) is 20.9. The van der Waals surface area contributed by atoms with Crippen LogP contribution in [0.1, 0.15) is 13.8 Å². The van der Waals surface area contributed by atoms with Crippen molar-refractivity contribution in [1.29, 1.82) is 0 Å². The first-order valence-corrected chi connectivity index (χ1v) is 12.9. The highest BCUT2D eigenvalue weighted by Crippen LogP contribution is 2.38. The summed E-state index contributed by atoms with van der Waals surface area (Å²) < 4.78 is 38.2.